The first-order valence-corrected chi connectivity index (χ1v) is 9.77. The Hall–Kier alpha value is -3.41. The van der Waals surface area contributed by atoms with E-state index in [0.717, 1.165) is 22.2 Å². The Bertz CT molecular complexity index is 1170. The predicted molar refractivity (Wildman–Crippen MR) is 118 cm³/mol. The molecule has 0 aliphatic rings. The first-order chi connectivity index (χ1) is 14.7. The molecule has 0 spiro atoms. The van der Waals surface area contributed by atoms with Gasteiger partial charge in [0, 0.05) is 22.3 Å². The topological polar surface area (TPSA) is 60.5 Å². The van der Waals surface area contributed by atoms with Gasteiger partial charge in [-0.3, -0.25) is 4.98 Å². The van der Waals surface area contributed by atoms with E-state index in [1.165, 1.54) is 0 Å². The summed E-state index contributed by atoms with van der Waals surface area (Å²) in [6, 6.07) is 24.2. The quantitative estimate of drug-likeness (QED) is 0.228. The van der Waals surface area contributed by atoms with Crippen molar-refractivity contribution in [3.05, 3.63) is 101 Å². The minimum atomic E-state index is -0.465. The summed E-state index contributed by atoms with van der Waals surface area (Å²) in [5.74, 6) is -0.465. The average molecular weight is 419 g/mol. The van der Waals surface area contributed by atoms with E-state index < -0.39 is 5.97 Å². The maximum absolute atomic E-state index is 12.6. The number of hydrogen-bond donors (Lipinski definition) is 1. The van der Waals surface area contributed by atoms with Crippen LogP contribution in [0.15, 0.2) is 85.1 Å². The normalized spacial score (nSPS) is 10.7. The van der Waals surface area contributed by atoms with Crippen LogP contribution in [0.3, 0.4) is 0 Å². The molecule has 30 heavy (non-hydrogen) atoms. The van der Waals surface area contributed by atoms with E-state index in [4.69, 9.17) is 21.1 Å². The van der Waals surface area contributed by atoms with Crippen molar-refractivity contribution in [1.29, 1.82) is 0 Å². The van der Waals surface area contributed by atoms with E-state index in [1.807, 2.05) is 54.6 Å². The van der Waals surface area contributed by atoms with Crippen LogP contribution in [0.1, 0.15) is 15.9 Å². The molecule has 1 aromatic heterocycles. The molecule has 0 radical (unpaired) electrons. The van der Waals surface area contributed by atoms with Crippen molar-refractivity contribution in [2.75, 3.05) is 12.1 Å². The smallest absolute Gasteiger partial charge is 0.342 e. The van der Waals surface area contributed by atoms with Crippen molar-refractivity contribution < 1.29 is 14.3 Å². The van der Waals surface area contributed by atoms with Crippen LogP contribution in [0.5, 0.6) is 0 Å². The number of ether oxygens (including phenoxy) is 2. The van der Waals surface area contributed by atoms with Gasteiger partial charge >= 0.3 is 5.97 Å². The standard InChI is InChI=1S/C24H19ClN2O3/c25-18-10-11-19-22(12-13-26-23(19)14-18)27-21-9-5-4-8-20(21)24(28)30-16-29-15-17-6-2-1-3-7-17/h1-14H,15-16H2,(H,26,27). The lowest BCUT2D eigenvalue weighted by molar-refractivity contribution is -0.0380. The molecule has 1 heterocycles. The van der Waals surface area contributed by atoms with Crippen molar-refractivity contribution in [3.8, 4) is 0 Å². The van der Waals surface area contributed by atoms with Gasteiger partial charge in [0.15, 0.2) is 6.79 Å². The highest BCUT2D eigenvalue weighted by Crippen LogP contribution is 2.28. The molecule has 4 rings (SSSR count). The third-order valence-corrected chi connectivity index (χ3v) is 4.74. The van der Waals surface area contributed by atoms with Crippen molar-refractivity contribution in [2.24, 2.45) is 0 Å². The second-order valence-corrected chi connectivity index (χ2v) is 7.01. The number of pyridine rings is 1. The van der Waals surface area contributed by atoms with Gasteiger partial charge in [0.05, 0.1) is 23.4 Å². The number of anilines is 2. The van der Waals surface area contributed by atoms with Crippen molar-refractivity contribution in [3.63, 3.8) is 0 Å². The molecule has 0 fully saturated rings. The molecule has 150 valence electrons. The minimum absolute atomic E-state index is 0.126. The van der Waals surface area contributed by atoms with Crippen LogP contribution in [-0.4, -0.2) is 17.7 Å². The summed E-state index contributed by atoms with van der Waals surface area (Å²) in [5.41, 5.74) is 3.65. The number of esters is 1. The van der Waals surface area contributed by atoms with E-state index in [0.29, 0.717) is 22.9 Å². The van der Waals surface area contributed by atoms with Crippen LogP contribution < -0.4 is 5.32 Å². The summed E-state index contributed by atoms with van der Waals surface area (Å²) < 4.78 is 10.8. The van der Waals surface area contributed by atoms with Gasteiger partial charge in [-0.2, -0.15) is 0 Å². The van der Waals surface area contributed by atoms with Crippen molar-refractivity contribution >= 4 is 39.8 Å². The van der Waals surface area contributed by atoms with Crippen LogP contribution >= 0.6 is 11.6 Å². The molecule has 0 aliphatic carbocycles. The third kappa shape index (κ3) is 4.76. The number of carbonyl (C=O) groups is 1. The Balaban J connectivity index is 1.45. The van der Waals surface area contributed by atoms with Crippen molar-refractivity contribution in [1.82, 2.24) is 4.98 Å². The Morgan fingerprint density at radius 3 is 2.60 bits per heavy atom. The molecule has 0 atom stereocenters. The lowest BCUT2D eigenvalue weighted by Gasteiger charge is -2.13. The Morgan fingerprint density at radius 2 is 1.73 bits per heavy atom. The van der Waals surface area contributed by atoms with Crippen molar-refractivity contribution in [2.45, 2.75) is 6.61 Å². The van der Waals surface area contributed by atoms with Gasteiger partial charge in [-0.1, -0.05) is 54.1 Å². The summed E-state index contributed by atoms with van der Waals surface area (Å²) >= 11 is 6.06. The van der Waals surface area contributed by atoms with Gasteiger partial charge < -0.3 is 14.8 Å². The largest absolute Gasteiger partial charge is 0.435 e. The number of benzene rings is 3. The molecule has 0 saturated carbocycles. The Morgan fingerprint density at radius 1 is 0.933 bits per heavy atom. The number of carbonyl (C=O) groups excluding carboxylic acids is 1. The zero-order chi connectivity index (χ0) is 20.8. The van der Waals surface area contributed by atoms with E-state index in [9.17, 15) is 4.79 Å². The summed E-state index contributed by atoms with van der Waals surface area (Å²) in [4.78, 5) is 16.9. The maximum atomic E-state index is 12.6. The Labute approximate surface area is 179 Å². The molecule has 5 nitrogen and oxygen atoms in total. The molecule has 0 aliphatic heterocycles. The summed E-state index contributed by atoms with van der Waals surface area (Å²) in [6.45, 7) is 0.248. The number of hydrogen-bond acceptors (Lipinski definition) is 5. The first-order valence-electron chi connectivity index (χ1n) is 9.40. The molecule has 3 aromatic carbocycles. The fourth-order valence-corrected chi connectivity index (χ4v) is 3.22. The SMILES string of the molecule is O=C(OCOCc1ccccc1)c1ccccc1Nc1ccnc2cc(Cl)ccc12. The number of fused-ring (bicyclic) bond motifs is 1. The summed E-state index contributed by atoms with van der Waals surface area (Å²) in [7, 11) is 0. The lowest BCUT2D eigenvalue weighted by atomic mass is 10.1. The van der Waals surface area contributed by atoms with Gasteiger partial charge in [-0.15, -0.1) is 0 Å². The lowest BCUT2D eigenvalue weighted by Crippen LogP contribution is -2.11. The summed E-state index contributed by atoms with van der Waals surface area (Å²) in [6.07, 6.45) is 1.69. The van der Waals surface area contributed by atoms with Gasteiger partial charge in [-0.05, 0) is 42.0 Å². The minimum Gasteiger partial charge on any atom is -0.435 e. The van der Waals surface area contributed by atoms with Gasteiger partial charge in [0.2, 0.25) is 0 Å². The van der Waals surface area contributed by atoms with Gasteiger partial charge in [0.1, 0.15) is 0 Å². The second-order valence-electron chi connectivity index (χ2n) is 6.57. The molecule has 0 amide bonds. The second kappa shape index (κ2) is 9.39. The highest BCUT2D eigenvalue weighted by atomic mass is 35.5. The van der Waals surface area contributed by atoms with E-state index in [2.05, 4.69) is 10.3 Å². The fraction of sp³-hybridized carbons (Fsp3) is 0.0833. The molecule has 6 heteroatoms. The molecule has 0 bridgehead atoms. The zero-order valence-electron chi connectivity index (χ0n) is 16.0. The predicted octanol–water partition coefficient (Wildman–Crippen LogP) is 5.96. The van der Waals surface area contributed by atoms with Crippen LogP contribution in [0.4, 0.5) is 11.4 Å². The number of nitrogens with one attached hydrogen (secondary N) is 1. The number of para-hydroxylation sites is 1. The molecule has 4 aromatic rings. The fourth-order valence-electron chi connectivity index (χ4n) is 3.05. The molecular weight excluding hydrogens is 400 g/mol. The van der Waals surface area contributed by atoms with Crippen LogP contribution in [-0.2, 0) is 16.1 Å². The van der Waals surface area contributed by atoms with E-state index >= 15 is 0 Å². The van der Waals surface area contributed by atoms with Crippen LogP contribution in [0.2, 0.25) is 5.02 Å². The zero-order valence-corrected chi connectivity index (χ0v) is 16.8. The maximum Gasteiger partial charge on any atom is 0.342 e. The van der Waals surface area contributed by atoms with Crippen LogP contribution in [0, 0.1) is 0 Å². The first kappa shape index (κ1) is 19.9. The number of rotatable bonds is 7. The molecule has 0 unspecified atom stereocenters. The number of aromatic nitrogens is 1. The molecule has 1 N–H and O–H groups in total. The highest BCUT2D eigenvalue weighted by molar-refractivity contribution is 6.31. The van der Waals surface area contributed by atoms with E-state index in [1.54, 1.807) is 30.5 Å². The third-order valence-electron chi connectivity index (χ3n) is 4.51. The summed E-state index contributed by atoms with van der Waals surface area (Å²) in [5, 5.41) is 4.82. The van der Waals surface area contributed by atoms with Crippen LogP contribution in [0.25, 0.3) is 10.9 Å². The monoisotopic (exact) mass is 418 g/mol. The number of halogens is 1. The van der Waals surface area contributed by atoms with Gasteiger partial charge in [-0.25, -0.2) is 4.79 Å². The molecular formula is C24H19ClN2O3. The average Bonchev–Trinajstić information content (AvgIpc) is 2.77. The number of nitrogens with zero attached hydrogens (tertiary/aromatic N) is 1. The van der Waals surface area contributed by atoms with Gasteiger partial charge in [0.25, 0.3) is 0 Å². The van der Waals surface area contributed by atoms with E-state index in [-0.39, 0.29) is 6.79 Å². The molecule has 0 saturated heterocycles. The highest BCUT2D eigenvalue weighted by Gasteiger charge is 2.14. The Kier molecular flexibility index (Phi) is 6.23.